The van der Waals surface area contributed by atoms with Crippen molar-refractivity contribution in [3.8, 4) is 0 Å². The van der Waals surface area contributed by atoms with Crippen LogP contribution in [0.25, 0.3) is 21.5 Å². The Morgan fingerprint density at radius 3 is 1.31 bits per heavy atom. The van der Waals surface area contributed by atoms with Crippen LogP contribution in [0.15, 0.2) is 121 Å². The van der Waals surface area contributed by atoms with Gasteiger partial charge in [-0.3, -0.25) is 43.3 Å². The van der Waals surface area contributed by atoms with Crippen LogP contribution in [0, 0.1) is 23.7 Å². The molecule has 0 aromatic heterocycles. The Labute approximate surface area is 669 Å². The van der Waals surface area contributed by atoms with Gasteiger partial charge in [0, 0.05) is 136 Å². The number of carbonyl (C=O) groups excluding carboxylic acids is 8. The van der Waals surface area contributed by atoms with E-state index in [0.717, 1.165) is 111 Å². The molecule has 20 nitrogen and oxygen atoms in total. The summed E-state index contributed by atoms with van der Waals surface area (Å²) in [6.45, 7) is 16.0. The third-order valence-corrected chi connectivity index (χ3v) is 24.6. The molecule has 6 aromatic carbocycles. The molecular weight excluding hydrogens is 1470 g/mol. The molecule has 0 spiro atoms. The normalized spacial score (nSPS) is 22.3. The molecule has 0 radical (unpaired) electrons. The smallest absolute Gasteiger partial charge is 0.251 e. The van der Waals surface area contributed by atoms with Crippen LogP contribution >= 0.6 is 46.4 Å². The summed E-state index contributed by atoms with van der Waals surface area (Å²) < 4.78 is 0. The zero-order valence-electron chi connectivity index (χ0n) is 64.1. The molecule has 6 aromatic rings. The van der Waals surface area contributed by atoms with E-state index in [-0.39, 0.29) is 103 Å². The maximum atomic E-state index is 13.7. The molecule has 0 bridgehead atoms. The minimum atomic E-state index is -0.589. The van der Waals surface area contributed by atoms with Gasteiger partial charge in [-0.25, -0.2) is 0 Å². The number of nitrogens with two attached hydrogens (primary N) is 1. The number of piperidine rings is 1. The Balaban J connectivity index is 0.000000164. The lowest BCUT2D eigenvalue weighted by Gasteiger charge is -2.31. The summed E-state index contributed by atoms with van der Waals surface area (Å²) in [4.78, 5) is 113. The van der Waals surface area contributed by atoms with Crippen LogP contribution in [0.2, 0.25) is 20.1 Å². The number of likely N-dealkylation sites (tertiary alicyclic amines) is 2. The second-order valence-electron chi connectivity index (χ2n) is 31.2. The van der Waals surface area contributed by atoms with Gasteiger partial charge < -0.3 is 57.2 Å². The highest BCUT2D eigenvalue weighted by Crippen LogP contribution is 2.40. The van der Waals surface area contributed by atoms with E-state index in [1.165, 1.54) is 61.5 Å². The fourth-order valence-electron chi connectivity index (χ4n) is 16.4. The second kappa shape index (κ2) is 41.0. The first-order valence-electron chi connectivity index (χ1n) is 40.4. The van der Waals surface area contributed by atoms with Crippen LogP contribution in [-0.4, -0.2) is 200 Å². The zero-order chi connectivity index (χ0) is 77.8. The van der Waals surface area contributed by atoms with Crippen molar-refractivity contribution in [2.75, 3.05) is 91.6 Å². The Hall–Kier alpha value is -7.24. The molecule has 592 valence electrons. The monoisotopic (exact) mass is 1580 g/mol. The molecule has 2 aliphatic carbocycles. The molecule has 5 heterocycles. The van der Waals surface area contributed by atoms with Crippen molar-refractivity contribution in [1.82, 2.24) is 56.4 Å². The van der Waals surface area contributed by atoms with Crippen molar-refractivity contribution >= 4 is 115 Å². The summed E-state index contributed by atoms with van der Waals surface area (Å²) in [5.74, 6) is 2.43. The number of amides is 8. The Kier molecular flexibility index (Phi) is 31.2. The summed E-state index contributed by atoms with van der Waals surface area (Å²) in [6, 6.07) is 36.4. The molecular formula is C86H112Cl4N12O8. The molecule has 9 atom stereocenters. The molecule has 2 unspecified atom stereocenters. The zero-order valence-corrected chi connectivity index (χ0v) is 67.1. The van der Waals surface area contributed by atoms with Gasteiger partial charge in [-0.2, -0.15) is 0 Å². The van der Waals surface area contributed by atoms with Crippen LogP contribution in [0.3, 0.4) is 0 Å². The maximum absolute atomic E-state index is 13.7. The summed E-state index contributed by atoms with van der Waals surface area (Å²) in [7, 11) is 0. The van der Waals surface area contributed by atoms with Crippen molar-refractivity contribution < 1.29 is 38.4 Å². The van der Waals surface area contributed by atoms with E-state index in [0.29, 0.717) is 114 Å². The van der Waals surface area contributed by atoms with Crippen LogP contribution in [0.5, 0.6) is 0 Å². The summed E-state index contributed by atoms with van der Waals surface area (Å²) in [6.07, 6.45) is 16.6. The molecule has 7 aliphatic rings. The highest BCUT2D eigenvalue weighted by molar-refractivity contribution is 6.42. The number of rotatable bonds is 29. The molecule has 5 aliphatic heterocycles. The summed E-state index contributed by atoms with van der Waals surface area (Å²) in [5.41, 5.74) is 8.65. The minimum Gasteiger partial charge on any atom is -0.350 e. The number of hydrogen-bond donors (Lipinski definition) is 7. The molecule has 7 fully saturated rings. The van der Waals surface area contributed by atoms with Gasteiger partial charge in [0.25, 0.3) is 17.7 Å². The highest BCUT2D eigenvalue weighted by Gasteiger charge is 2.40. The van der Waals surface area contributed by atoms with Crippen molar-refractivity contribution in [3.05, 3.63) is 164 Å². The molecule has 110 heavy (non-hydrogen) atoms. The average Bonchev–Trinajstić information content (AvgIpc) is 1.82. The number of nitrogens with zero attached hydrogens (tertiary/aromatic N) is 5. The van der Waals surface area contributed by atoms with E-state index in [9.17, 15) is 38.4 Å². The minimum absolute atomic E-state index is 0.0275. The summed E-state index contributed by atoms with van der Waals surface area (Å²) in [5, 5.41) is 25.7. The molecule has 8 amide bonds. The van der Waals surface area contributed by atoms with Crippen LogP contribution in [-0.2, 0) is 24.0 Å². The third-order valence-electron chi connectivity index (χ3n) is 23.4. The number of halogens is 4. The van der Waals surface area contributed by atoms with Crippen molar-refractivity contribution in [2.45, 2.75) is 179 Å². The van der Waals surface area contributed by atoms with E-state index >= 15 is 0 Å². The van der Waals surface area contributed by atoms with E-state index in [1.807, 2.05) is 101 Å². The molecule has 2 saturated carbocycles. The molecule has 24 heteroatoms. The largest absolute Gasteiger partial charge is 0.350 e. The van der Waals surface area contributed by atoms with E-state index in [4.69, 9.17) is 52.1 Å². The number of carbonyl (C=O) groups is 8. The molecule has 5 saturated heterocycles. The maximum Gasteiger partial charge on any atom is 0.251 e. The van der Waals surface area contributed by atoms with Crippen LogP contribution < -0.4 is 37.6 Å². The predicted molar refractivity (Wildman–Crippen MR) is 439 cm³/mol. The lowest BCUT2D eigenvalue weighted by molar-refractivity contribution is -0.140. The Morgan fingerprint density at radius 1 is 0.455 bits per heavy atom. The fourth-order valence-corrected chi connectivity index (χ4v) is 17.0. The van der Waals surface area contributed by atoms with Crippen molar-refractivity contribution in [2.24, 2.45) is 29.4 Å². The van der Waals surface area contributed by atoms with Gasteiger partial charge in [-0.1, -0.05) is 141 Å². The molecule has 13 rings (SSSR count). The lowest BCUT2D eigenvalue weighted by atomic mass is 9.95. The van der Waals surface area contributed by atoms with Gasteiger partial charge in [0.15, 0.2) is 0 Å². The second-order valence-corrected chi connectivity index (χ2v) is 32.8. The Bertz CT molecular complexity index is 4130. The van der Waals surface area contributed by atoms with E-state index in [2.05, 4.69) is 74.6 Å². The predicted octanol–water partition coefficient (Wildman–Crippen LogP) is 12.7. The van der Waals surface area contributed by atoms with Gasteiger partial charge >= 0.3 is 0 Å². The lowest BCUT2D eigenvalue weighted by Crippen LogP contribution is -2.50. The topological polar surface area (TPSA) is 251 Å². The summed E-state index contributed by atoms with van der Waals surface area (Å²) >= 11 is 24.2. The van der Waals surface area contributed by atoms with Gasteiger partial charge in [0.05, 0.1) is 28.2 Å². The van der Waals surface area contributed by atoms with Gasteiger partial charge in [0.2, 0.25) is 29.5 Å². The molecule has 8 N–H and O–H groups in total. The number of fused-ring (bicyclic) bond motifs is 2. The highest BCUT2D eigenvalue weighted by atomic mass is 35.5. The SMILES string of the molecule is CCC(CN1CC[C@@H](CNC(=O)c2ccc3cc(Cl)ccc3c2)N[C@@H](CCN)C1=O)C1CC1.CCC(CN1CC[C@@H](CNC(=O)c2ccc3cc(Cl)ccc3c2)N[C@@H](CCN2CCCCC2)C1=O)C1CC1.CC[C@H](CN1CC[C@@H](CNC(=O)c2ccc(Cl)c(Cl)c2)N[C@@H](CCN2C(=O)CCC2=O)C1=O)c1ccccc1. The number of nitrogens with one attached hydrogen (secondary N) is 6. The average molecular weight is 1580 g/mol. The Morgan fingerprint density at radius 2 is 0.873 bits per heavy atom. The van der Waals surface area contributed by atoms with Crippen LogP contribution in [0.4, 0.5) is 0 Å². The van der Waals surface area contributed by atoms with Crippen LogP contribution in [0.1, 0.15) is 179 Å². The van der Waals surface area contributed by atoms with Crippen molar-refractivity contribution in [3.63, 3.8) is 0 Å². The van der Waals surface area contributed by atoms with Gasteiger partial charge in [0.1, 0.15) is 0 Å². The first-order chi connectivity index (χ1) is 53.2. The standard InChI is InChI=1S/C31H43ClN4O2.C29H34Cl2N4O4.C26H35ClN4O2/c1-2-22(23-6-7-23)21-36-17-12-28(34-29(31(36)38)13-16-35-14-4-3-5-15-35)20-33-30(37)26-9-8-25-19-27(32)11-10-24(25)18-26;1-2-19(20-6-4-3-5-7-20)18-34-14-12-22(17-32-28(38)21-8-9-23(30)24(31)16-21)33-25(29(34)39)13-15-35-26(36)10-11-27(35)37;1-2-17(18-3-4-18)16-31-12-10-23(30-24(9-11-28)26(31)33)15-29-25(32)21-6-5-20-14-22(27)8-7-19(20)13-21/h8-11,18-19,22-23,28-29,34H,2-7,12-17,20-21H2,1H3,(H,33,37);3-9,16,19,22,25,33H,2,10-15,17-18H2,1H3,(H,32,38);5-8,13-14,17-18,23-24,30H,2-4,9-12,15-16,28H2,1H3,(H,29,32)/t22?,28-,29-;19-,22+,25+;17?,23-,24-/m010/s1. The fraction of sp³-hybridized carbons (Fsp3) is 0.535. The number of hydrogen-bond acceptors (Lipinski definition) is 13. The van der Waals surface area contributed by atoms with Crippen molar-refractivity contribution in [1.29, 1.82) is 0 Å². The van der Waals surface area contributed by atoms with E-state index in [1.54, 1.807) is 12.1 Å². The first-order valence-corrected chi connectivity index (χ1v) is 41.9. The van der Waals surface area contributed by atoms with Gasteiger partial charge in [-0.05, 0) is 221 Å². The third kappa shape index (κ3) is 23.7. The van der Waals surface area contributed by atoms with E-state index < -0.39 is 6.04 Å². The first kappa shape index (κ1) is 83.7. The quantitative estimate of drug-likeness (QED) is 0.0216. The van der Waals surface area contributed by atoms with Gasteiger partial charge in [-0.15, -0.1) is 0 Å². The number of benzene rings is 6. The number of imide groups is 1.